The van der Waals surface area contributed by atoms with Gasteiger partial charge in [-0.3, -0.25) is 9.97 Å². The van der Waals surface area contributed by atoms with Gasteiger partial charge in [0.1, 0.15) is 5.76 Å². The van der Waals surface area contributed by atoms with Crippen molar-refractivity contribution in [3.8, 4) is 11.3 Å². The van der Waals surface area contributed by atoms with Gasteiger partial charge in [0.15, 0.2) is 0 Å². The fourth-order valence-corrected chi connectivity index (χ4v) is 2.62. The van der Waals surface area contributed by atoms with E-state index < -0.39 is 0 Å². The van der Waals surface area contributed by atoms with Crippen LogP contribution in [0.5, 0.6) is 0 Å². The van der Waals surface area contributed by atoms with Gasteiger partial charge in [-0.15, -0.1) is 0 Å². The van der Waals surface area contributed by atoms with Crippen molar-refractivity contribution in [3.05, 3.63) is 29.5 Å². The standard InChI is InChI=1S/C14H18N4O/c1-9-14(10(2)19-18-9)13-8-16-12(7-17-13)5-11-3-4-15-6-11/h7-8,11,15H,3-6H2,1-2H3. The summed E-state index contributed by atoms with van der Waals surface area (Å²) in [5.41, 5.74) is 3.72. The second-order valence-electron chi connectivity index (χ2n) is 5.16. The number of hydrogen-bond acceptors (Lipinski definition) is 5. The Morgan fingerprint density at radius 2 is 2.21 bits per heavy atom. The molecule has 1 aliphatic heterocycles. The van der Waals surface area contributed by atoms with Crippen LogP contribution in [0.15, 0.2) is 16.9 Å². The van der Waals surface area contributed by atoms with Crippen LogP contribution in [-0.2, 0) is 6.42 Å². The number of nitrogens with one attached hydrogen (secondary N) is 1. The number of nitrogens with zero attached hydrogens (tertiary/aromatic N) is 3. The summed E-state index contributed by atoms with van der Waals surface area (Å²) in [6, 6.07) is 0. The molecule has 1 unspecified atom stereocenters. The number of rotatable bonds is 3. The van der Waals surface area contributed by atoms with Crippen molar-refractivity contribution in [1.29, 1.82) is 0 Å². The largest absolute Gasteiger partial charge is 0.361 e. The van der Waals surface area contributed by atoms with Crippen molar-refractivity contribution >= 4 is 0 Å². The molecule has 0 spiro atoms. The van der Waals surface area contributed by atoms with Crippen LogP contribution in [0.4, 0.5) is 0 Å². The van der Waals surface area contributed by atoms with Gasteiger partial charge in [0, 0.05) is 6.20 Å². The summed E-state index contributed by atoms with van der Waals surface area (Å²) in [6.07, 6.45) is 5.93. The van der Waals surface area contributed by atoms with Crippen molar-refractivity contribution in [2.24, 2.45) is 5.92 Å². The number of hydrogen-bond donors (Lipinski definition) is 1. The molecule has 2 aromatic heterocycles. The van der Waals surface area contributed by atoms with Crippen LogP contribution in [0.1, 0.15) is 23.6 Å². The van der Waals surface area contributed by atoms with Crippen LogP contribution in [0, 0.1) is 19.8 Å². The average Bonchev–Trinajstić information content (AvgIpc) is 3.02. The fraction of sp³-hybridized carbons (Fsp3) is 0.500. The topological polar surface area (TPSA) is 63.8 Å². The zero-order valence-corrected chi connectivity index (χ0v) is 11.3. The molecule has 1 N–H and O–H groups in total. The lowest BCUT2D eigenvalue weighted by Gasteiger charge is -2.07. The van der Waals surface area contributed by atoms with E-state index in [0.717, 1.165) is 47.9 Å². The first-order valence-electron chi connectivity index (χ1n) is 6.69. The lowest BCUT2D eigenvalue weighted by Crippen LogP contribution is -2.11. The predicted octanol–water partition coefficient (Wildman–Crippen LogP) is 1.90. The van der Waals surface area contributed by atoms with Crippen molar-refractivity contribution < 1.29 is 4.52 Å². The van der Waals surface area contributed by atoms with E-state index in [1.54, 1.807) is 0 Å². The lowest BCUT2D eigenvalue weighted by molar-refractivity contribution is 0.393. The Kier molecular flexibility index (Phi) is 3.29. The molecule has 3 heterocycles. The van der Waals surface area contributed by atoms with Gasteiger partial charge >= 0.3 is 0 Å². The Labute approximate surface area is 112 Å². The quantitative estimate of drug-likeness (QED) is 0.911. The van der Waals surface area contributed by atoms with Crippen LogP contribution in [-0.4, -0.2) is 28.2 Å². The van der Waals surface area contributed by atoms with Crippen molar-refractivity contribution in [2.75, 3.05) is 13.1 Å². The van der Waals surface area contributed by atoms with Crippen molar-refractivity contribution in [3.63, 3.8) is 0 Å². The molecule has 0 amide bonds. The normalized spacial score (nSPS) is 18.9. The molecule has 2 aromatic rings. The van der Waals surface area contributed by atoms with Gasteiger partial charge in [-0.1, -0.05) is 5.16 Å². The van der Waals surface area contributed by atoms with Crippen LogP contribution in [0.2, 0.25) is 0 Å². The van der Waals surface area contributed by atoms with E-state index in [1.165, 1.54) is 6.42 Å². The molecule has 100 valence electrons. The monoisotopic (exact) mass is 258 g/mol. The highest BCUT2D eigenvalue weighted by Crippen LogP contribution is 2.24. The molecule has 1 saturated heterocycles. The summed E-state index contributed by atoms with van der Waals surface area (Å²) in [7, 11) is 0. The van der Waals surface area contributed by atoms with Gasteiger partial charge < -0.3 is 9.84 Å². The molecule has 5 nitrogen and oxygen atoms in total. The molecule has 0 saturated carbocycles. The Hall–Kier alpha value is -1.75. The van der Waals surface area contributed by atoms with Gasteiger partial charge in [0.05, 0.1) is 28.8 Å². The van der Waals surface area contributed by atoms with Crippen molar-refractivity contribution in [2.45, 2.75) is 26.7 Å². The predicted molar refractivity (Wildman–Crippen MR) is 71.7 cm³/mol. The van der Waals surface area contributed by atoms with Gasteiger partial charge in [-0.25, -0.2) is 0 Å². The molecule has 1 fully saturated rings. The van der Waals surface area contributed by atoms with Gasteiger partial charge in [0.2, 0.25) is 0 Å². The Morgan fingerprint density at radius 1 is 1.32 bits per heavy atom. The van der Waals surface area contributed by atoms with Crippen molar-refractivity contribution in [1.82, 2.24) is 20.4 Å². The van der Waals surface area contributed by atoms with E-state index in [0.29, 0.717) is 5.92 Å². The first-order chi connectivity index (χ1) is 9.24. The maximum Gasteiger partial charge on any atom is 0.143 e. The SMILES string of the molecule is Cc1noc(C)c1-c1cnc(CC2CCNC2)cn1. The Balaban J connectivity index is 1.78. The molecule has 19 heavy (non-hydrogen) atoms. The molecular formula is C14H18N4O. The second kappa shape index (κ2) is 5.09. The van der Waals surface area contributed by atoms with Gasteiger partial charge in [-0.2, -0.15) is 0 Å². The summed E-state index contributed by atoms with van der Waals surface area (Å²) >= 11 is 0. The lowest BCUT2D eigenvalue weighted by atomic mass is 10.0. The third-order valence-electron chi connectivity index (χ3n) is 3.66. The molecule has 0 bridgehead atoms. The minimum Gasteiger partial charge on any atom is -0.361 e. The van der Waals surface area contributed by atoms with Gasteiger partial charge in [0.25, 0.3) is 0 Å². The summed E-state index contributed by atoms with van der Waals surface area (Å²) in [5.74, 6) is 1.48. The third kappa shape index (κ3) is 2.51. The Bertz CT molecular complexity index is 536. The highest BCUT2D eigenvalue weighted by atomic mass is 16.5. The molecule has 1 atom stereocenters. The molecule has 0 aromatic carbocycles. The summed E-state index contributed by atoms with van der Waals surface area (Å²) in [6.45, 7) is 6.03. The van der Waals surface area contributed by atoms with Crippen LogP contribution >= 0.6 is 0 Å². The maximum atomic E-state index is 5.16. The summed E-state index contributed by atoms with van der Waals surface area (Å²) in [5, 5.41) is 7.32. The highest BCUT2D eigenvalue weighted by Gasteiger charge is 2.17. The highest BCUT2D eigenvalue weighted by molar-refractivity contribution is 5.62. The van der Waals surface area contributed by atoms with Crippen LogP contribution < -0.4 is 5.32 Å². The van der Waals surface area contributed by atoms with E-state index in [1.807, 2.05) is 26.2 Å². The second-order valence-corrected chi connectivity index (χ2v) is 5.16. The number of aromatic nitrogens is 3. The van der Waals surface area contributed by atoms with Crippen LogP contribution in [0.25, 0.3) is 11.3 Å². The van der Waals surface area contributed by atoms with E-state index in [4.69, 9.17) is 4.52 Å². The summed E-state index contributed by atoms with van der Waals surface area (Å²) in [4.78, 5) is 9.02. The maximum absolute atomic E-state index is 5.16. The molecule has 1 aliphatic rings. The molecule has 3 rings (SSSR count). The van der Waals surface area contributed by atoms with E-state index in [-0.39, 0.29) is 0 Å². The minimum atomic E-state index is 0.694. The average molecular weight is 258 g/mol. The molecule has 0 radical (unpaired) electrons. The molecule has 0 aliphatic carbocycles. The first-order valence-corrected chi connectivity index (χ1v) is 6.69. The number of aryl methyl sites for hydroxylation is 2. The fourth-order valence-electron chi connectivity index (χ4n) is 2.62. The third-order valence-corrected chi connectivity index (χ3v) is 3.66. The first kappa shape index (κ1) is 12.3. The van der Waals surface area contributed by atoms with Crippen LogP contribution in [0.3, 0.4) is 0 Å². The summed E-state index contributed by atoms with van der Waals surface area (Å²) < 4.78 is 5.16. The Morgan fingerprint density at radius 3 is 2.79 bits per heavy atom. The molecular weight excluding hydrogens is 240 g/mol. The smallest absolute Gasteiger partial charge is 0.143 e. The zero-order chi connectivity index (χ0) is 13.2. The zero-order valence-electron chi connectivity index (χ0n) is 11.3. The van der Waals surface area contributed by atoms with E-state index in [9.17, 15) is 0 Å². The van der Waals surface area contributed by atoms with Gasteiger partial charge in [-0.05, 0) is 45.7 Å². The minimum absolute atomic E-state index is 0.694. The van der Waals surface area contributed by atoms with E-state index in [2.05, 4.69) is 20.4 Å². The van der Waals surface area contributed by atoms with E-state index >= 15 is 0 Å². The molecule has 5 heteroatoms.